The van der Waals surface area contributed by atoms with Gasteiger partial charge >= 0.3 is 7.60 Å². The molecule has 0 atom stereocenters. The van der Waals surface area contributed by atoms with Crippen molar-refractivity contribution >= 4 is 46.6 Å². The Balaban J connectivity index is 3.48. The molecule has 0 aliphatic rings. The number of halogens is 2. The highest BCUT2D eigenvalue weighted by molar-refractivity contribution is 7.60. The molecule has 16 heavy (non-hydrogen) atoms. The molecule has 0 aliphatic heterocycles. The van der Waals surface area contributed by atoms with Gasteiger partial charge in [0.15, 0.2) is 0 Å². The first kappa shape index (κ1) is 13.4. The minimum Gasteiger partial charge on any atom is -0.321 e. The fourth-order valence-corrected chi connectivity index (χ4v) is 1.84. The van der Waals surface area contributed by atoms with Gasteiger partial charge in [0.2, 0.25) is 0 Å². The van der Waals surface area contributed by atoms with E-state index in [1.54, 1.807) is 0 Å². The average molecular weight is 283 g/mol. The SMILES string of the molecule is O=C(Cl)c1cc(C(=O)Cl)cc(P(=O)(O)O)c1. The Labute approximate surface area is 100 Å². The molecule has 0 bridgehead atoms. The molecule has 0 unspecified atom stereocenters. The maximum Gasteiger partial charge on any atom is 0.356 e. The topological polar surface area (TPSA) is 91.7 Å². The molecule has 86 valence electrons. The summed E-state index contributed by atoms with van der Waals surface area (Å²) in [5.41, 5.74) is -0.405. The van der Waals surface area contributed by atoms with Gasteiger partial charge < -0.3 is 9.79 Å². The van der Waals surface area contributed by atoms with Crippen LogP contribution in [0, 0.1) is 0 Å². The quantitative estimate of drug-likeness (QED) is 0.643. The largest absolute Gasteiger partial charge is 0.356 e. The van der Waals surface area contributed by atoms with Crippen LogP contribution in [0.1, 0.15) is 20.7 Å². The number of rotatable bonds is 3. The molecule has 5 nitrogen and oxygen atoms in total. The summed E-state index contributed by atoms with van der Waals surface area (Å²) in [5, 5.41) is -2.35. The summed E-state index contributed by atoms with van der Waals surface area (Å²) in [6.07, 6.45) is 0. The highest BCUT2D eigenvalue weighted by Crippen LogP contribution is 2.34. The highest BCUT2D eigenvalue weighted by Gasteiger charge is 2.21. The van der Waals surface area contributed by atoms with Crippen molar-refractivity contribution in [3.8, 4) is 0 Å². The van der Waals surface area contributed by atoms with E-state index in [4.69, 9.17) is 33.0 Å². The van der Waals surface area contributed by atoms with Gasteiger partial charge in [0, 0.05) is 11.1 Å². The van der Waals surface area contributed by atoms with Crippen LogP contribution in [0.15, 0.2) is 18.2 Å². The number of carbonyl (C=O) groups is 2. The van der Waals surface area contributed by atoms with E-state index in [-0.39, 0.29) is 11.1 Å². The van der Waals surface area contributed by atoms with Gasteiger partial charge in [-0.05, 0) is 41.4 Å². The summed E-state index contributed by atoms with van der Waals surface area (Å²) >= 11 is 10.3. The number of hydrogen-bond donors (Lipinski definition) is 2. The second-order valence-electron chi connectivity index (χ2n) is 2.86. The summed E-state index contributed by atoms with van der Waals surface area (Å²) in [5.74, 6) is 0. The summed E-state index contributed by atoms with van der Waals surface area (Å²) in [6.45, 7) is 0. The third-order valence-electron chi connectivity index (χ3n) is 1.71. The van der Waals surface area contributed by atoms with Crippen molar-refractivity contribution in [2.24, 2.45) is 0 Å². The monoisotopic (exact) mass is 282 g/mol. The van der Waals surface area contributed by atoms with Crippen molar-refractivity contribution in [3.63, 3.8) is 0 Å². The van der Waals surface area contributed by atoms with Crippen LogP contribution in [-0.4, -0.2) is 20.3 Å². The molecule has 8 heteroatoms. The predicted octanol–water partition coefficient (Wildman–Crippen LogP) is 1.25. The van der Waals surface area contributed by atoms with Crippen molar-refractivity contribution in [2.75, 3.05) is 0 Å². The Morgan fingerprint density at radius 3 is 1.62 bits per heavy atom. The minimum absolute atomic E-state index is 0.202. The second-order valence-corrected chi connectivity index (χ2v) is 5.15. The Morgan fingerprint density at radius 1 is 1.00 bits per heavy atom. The van der Waals surface area contributed by atoms with Crippen LogP contribution in [0.25, 0.3) is 0 Å². The van der Waals surface area contributed by atoms with Crippen LogP contribution in [-0.2, 0) is 4.57 Å². The Bertz CT molecular complexity index is 475. The second kappa shape index (κ2) is 4.65. The Morgan fingerprint density at radius 2 is 1.38 bits per heavy atom. The third-order valence-corrected chi connectivity index (χ3v) is 3.08. The molecular formula is C8H5Cl2O5P. The van der Waals surface area contributed by atoms with Gasteiger partial charge in [-0.3, -0.25) is 14.2 Å². The lowest BCUT2D eigenvalue weighted by molar-refractivity contribution is 0.108. The van der Waals surface area contributed by atoms with Gasteiger partial charge in [-0.2, -0.15) is 0 Å². The molecule has 0 heterocycles. The molecule has 0 fully saturated rings. The molecule has 0 saturated carbocycles. The van der Waals surface area contributed by atoms with Gasteiger partial charge in [-0.15, -0.1) is 0 Å². The number of benzene rings is 1. The Kier molecular flexibility index (Phi) is 3.88. The molecular weight excluding hydrogens is 278 g/mol. The standard InChI is InChI=1S/C8H5Cl2O5P/c9-7(11)4-1-5(8(10)12)3-6(2-4)16(13,14)15/h1-3H,(H2,13,14,15). The fraction of sp³-hybridized carbons (Fsp3) is 0. The molecule has 1 rings (SSSR count). The number of carbonyl (C=O) groups excluding carboxylic acids is 2. The van der Waals surface area contributed by atoms with E-state index in [2.05, 4.69) is 0 Å². The van der Waals surface area contributed by atoms with E-state index in [0.29, 0.717) is 0 Å². The normalized spacial score (nSPS) is 11.2. The first-order chi connectivity index (χ1) is 7.21. The molecule has 2 N–H and O–H groups in total. The fourth-order valence-electron chi connectivity index (χ4n) is 1.01. The average Bonchev–Trinajstić information content (AvgIpc) is 2.15. The molecule has 0 spiro atoms. The van der Waals surface area contributed by atoms with Gasteiger partial charge in [0.05, 0.1) is 5.30 Å². The highest BCUT2D eigenvalue weighted by atomic mass is 35.5. The lowest BCUT2D eigenvalue weighted by Gasteiger charge is -2.06. The van der Waals surface area contributed by atoms with Crippen molar-refractivity contribution in [1.82, 2.24) is 0 Å². The first-order valence-electron chi connectivity index (χ1n) is 3.82. The molecule has 0 aliphatic carbocycles. The summed E-state index contributed by atoms with van der Waals surface area (Å²) in [4.78, 5) is 39.5. The molecule has 0 amide bonds. The van der Waals surface area contributed by atoms with Crippen LogP contribution < -0.4 is 5.30 Å². The minimum atomic E-state index is -4.57. The zero-order valence-electron chi connectivity index (χ0n) is 7.55. The molecule has 0 saturated heterocycles. The number of hydrogen-bond acceptors (Lipinski definition) is 3. The smallest absolute Gasteiger partial charge is 0.321 e. The summed E-state index contributed by atoms with van der Waals surface area (Å²) in [6, 6.07) is 2.89. The molecule has 1 aromatic carbocycles. The van der Waals surface area contributed by atoms with Crippen molar-refractivity contribution in [3.05, 3.63) is 29.3 Å². The third kappa shape index (κ3) is 3.14. The van der Waals surface area contributed by atoms with Crippen molar-refractivity contribution in [1.29, 1.82) is 0 Å². The molecule has 0 radical (unpaired) electrons. The van der Waals surface area contributed by atoms with Gasteiger partial charge in [0.25, 0.3) is 10.5 Å². The van der Waals surface area contributed by atoms with E-state index < -0.39 is 23.4 Å². The Hall–Kier alpha value is -0.710. The van der Waals surface area contributed by atoms with Crippen LogP contribution in [0.5, 0.6) is 0 Å². The maximum atomic E-state index is 11.0. The molecule has 1 aromatic rings. The van der Waals surface area contributed by atoms with Crippen molar-refractivity contribution < 1.29 is 23.9 Å². The van der Waals surface area contributed by atoms with Crippen molar-refractivity contribution in [2.45, 2.75) is 0 Å². The zero-order chi connectivity index (χ0) is 12.5. The lowest BCUT2D eigenvalue weighted by atomic mass is 10.1. The molecule has 0 aromatic heterocycles. The first-order valence-corrected chi connectivity index (χ1v) is 6.19. The maximum absolute atomic E-state index is 11.0. The predicted molar refractivity (Wildman–Crippen MR) is 58.5 cm³/mol. The van der Waals surface area contributed by atoms with Crippen LogP contribution >= 0.6 is 30.8 Å². The van der Waals surface area contributed by atoms with E-state index in [1.807, 2.05) is 0 Å². The zero-order valence-corrected chi connectivity index (χ0v) is 9.96. The van der Waals surface area contributed by atoms with E-state index in [0.717, 1.165) is 18.2 Å². The van der Waals surface area contributed by atoms with Gasteiger partial charge in [-0.25, -0.2) is 0 Å². The van der Waals surface area contributed by atoms with E-state index in [1.165, 1.54) is 0 Å². The van der Waals surface area contributed by atoms with E-state index in [9.17, 15) is 14.2 Å². The lowest BCUT2D eigenvalue weighted by Crippen LogP contribution is -2.09. The van der Waals surface area contributed by atoms with Gasteiger partial charge in [0.1, 0.15) is 0 Å². The van der Waals surface area contributed by atoms with Gasteiger partial charge in [-0.1, -0.05) is 0 Å². The summed E-state index contributed by atoms with van der Waals surface area (Å²) in [7, 11) is -4.57. The van der Waals surface area contributed by atoms with E-state index >= 15 is 0 Å². The summed E-state index contributed by atoms with van der Waals surface area (Å²) < 4.78 is 11.0. The van der Waals surface area contributed by atoms with Crippen LogP contribution in [0.4, 0.5) is 0 Å². The van der Waals surface area contributed by atoms with Crippen LogP contribution in [0.3, 0.4) is 0 Å². The van der Waals surface area contributed by atoms with Crippen LogP contribution in [0.2, 0.25) is 0 Å².